The van der Waals surface area contributed by atoms with E-state index >= 15 is 0 Å². The van der Waals surface area contributed by atoms with Gasteiger partial charge in [-0.25, -0.2) is 4.98 Å². The average molecular weight is 353 g/mol. The third-order valence-corrected chi connectivity index (χ3v) is 5.58. The number of carbonyl (C=O) groups excluding carboxylic acids is 1. The third kappa shape index (κ3) is 3.32. The van der Waals surface area contributed by atoms with Gasteiger partial charge in [0.25, 0.3) is 5.91 Å². The van der Waals surface area contributed by atoms with Gasteiger partial charge in [0, 0.05) is 41.3 Å². The Morgan fingerprint density at radius 2 is 2.12 bits per heavy atom. The Hall–Kier alpha value is -2.54. The minimum absolute atomic E-state index is 0.0768. The van der Waals surface area contributed by atoms with E-state index in [1.165, 1.54) is 4.88 Å². The van der Waals surface area contributed by atoms with Gasteiger partial charge in [-0.05, 0) is 38.0 Å². The molecule has 128 valence electrons. The number of thiazole rings is 1. The first-order valence-corrected chi connectivity index (χ1v) is 9.19. The zero-order valence-electron chi connectivity index (χ0n) is 14.0. The van der Waals surface area contributed by atoms with Crippen LogP contribution in [0, 0.1) is 6.92 Å². The van der Waals surface area contributed by atoms with Gasteiger partial charge in [-0.15, -0.1) is 21.5 Å². The largest absolute Gasteiger partial charge is 0.338 e. The zero-order chi connectivity index (χ0) is 17.2. The van der Waals surface area contributed by atoms with Gasteiger partial charge < -0.3 is 4.90 Å². The van der Waals surface area contributed by atoms with Crippen LogP contribution in [0.1, 0.15) is 39.0 Å². The van der Waals surface area contributed by atoms with Crippen LogP contribution in [0.2, 0.25) is 0 Å². The van der Waals surface area contributed by atoms with Crippen LogP contribution in [0.25, 0.3) is 5.69 Å². The number of rotatable bonds is 3. The number of likely N-dealkylation sites (tertiary alicyclic amines) is 1. The fourth-order valence-electron chi connectivity index (χ4n) is 3.24. The van der Waals surface area contributed by atoms with E-state index in [9.17, 15) is 4.79 Å². The lowest BCUT2D eigenvalue weighted by Gasteiger charge is -2.32. The lowest BCUT2D eigenvalue weighted by atomic mass is 9.98. The molecule has 1 atom stereocenters. The van der Waals surface area contributed by atoms with Crippen molar-refractivity contribution in [3.05, 3.63) is 58.6 Å². The maximum absolute atomic E-state index is 13.0. The van der Waals surface area contributed by atoms with Gasteiger partial charge in [0.1, 0.15) is 12.7 Å². The summed E-state index contributed by atoms with van der Waals surface area (Å²) in [5.74, 6) is 0.422. The normalized spacial score (nSPS) is 17.6. The molecular weight excluding hydrogens is 334 g/mol. The van der Waals surface area contributed by atoms with E-state index in [0.29, 0.717) is 11.5 Å². The third-order valence-electron chi connectivity index (χ3n) is 4.51. The second-order valence-electron chi connectivity index (χ2n) is 6.32. The van der Waals surface area contributed by atoms with Crippen molar-refractivity contribution in [2.75, 3.05) is 13.1 Å². The first-order chi connectivity index (χ1) is 12.2. The van der Waals surface area contributed by atoms with Crippen molar-refractivity contribution < 1.29 is 4.79 Å². The SMILES string of the molecule is Cc1cnc([C@@H]2CCCN(C(=O)c3cccc(-n4cnnc4)c3)C2)s1. The molecule has 1 amide bonds. The van der Waals surface area contributed by atoms with Crippen molar-refractivity contribution in [3.63, 3.8) is 0 Å². The van der Waals surface area contributed by atoms with Crippen LogP contribution in [-0.4, -0.2) is 43.6 Å². The first kappa shape index (κ1) is 16.0. The highest BCUT2D eigenvalue weighted by Gasteiger charge is 2.27. The molecule has 0 spiro atoms. The van der Waals surface area contributed by atoms with E-state index in [4.69, 9.17) is 0 Å². The summed E-state index contributed by atoms with van der Waals surface area (Å²) in [4.78, 5) is 20.7. The summed E-state index contributed by atoms with van der Waals surface area (Å²) in [7, 11) is 0. The van der Waals surface area contributed by atoms with Gasteiger partial charge in [0.15, 0.2) is 0 Å². The molecule has 0 saturated carbocycles. The number of hydrogen-bond acceptors (Lipinski definition) is 5. The van der Waals surface area contributed by atoms with E-state index in [0.717, 1.165) is 36.6 Å². The number of benzene rings is 1. The van der Waals surface area contributed by atoms with E-state index in [-0.39, 0.29) is 5.91 Å². The van der Waals surface area contributed by atoms with Crippen LogP contribution in [-0.2, 0) is 0 Å². The highest BCUT2D eigenvalue weighted by Crippen LogP contribution is 2.30. The Balaban J connectivity index is 1.53. The standard InChI is InChI=1S/C18H19N5OS/c1-13-9-19-17(25-13)15-5-3-7-22(10-15)18(24)14-4-2-6-16(8-14)23-11-20-21-12-23/h2,4,6,8-9,11-12,15H,3,5,7,10H2,1H3/t15-/m1/s1. The molecule has 0 bridgehead atoms. The molecular formula is C18H19N5OS. The van der Waals surface area contributed by atoms with Crippen molar-refractivity contribution in [2.24, 2.45) is 0 Å². The van der Waals surface area contributed by atoms with Crippen LogP contribution >= 0.6 is 11.3 Å². The number of hydrogen-bond donors (Lipinski definition) is 0. The van der Waals surface area contributed by atoms with Crippen molar-refractivity contribution >= 4 is 17.2 Å². The second-order valence-corrected chi connectivity index (χ2v) is 7.59. The lowest BCUT2D eigenvalue weighted by Crippen LogP contribution is -2.39. The summed E-state index contributed by atoms with van der Waals surface area (Å²) in [6.07, 6.45) is 7.29. The predicted octanol–water partition coefficient (Wildman–Crippen LogP) is 3.05. The molecule has 0 N–H and O–H groups in total. The number of nitrogens with zero attached hydrogens (tertiary/aromatic N) is 5. The molecule has 1 aliphatic heterocycles. The van der Waals surface area contributed by atoms with Crippen molar-refractivity contribution in [3.8, 4) is 5.69 Å². The minimum Gasteiger partial charge on any atom is -0.338 e. The molecule has 3 heterocycles. The molecule has 0 unspecified atom stereocenters. The van der Waals surface area contributed by atoms with E-state index in [1.54, 1.807) is 28.6 Å². The fraction of sp³-hybridized carbons (Fsp3) is 0.333. The molecule has 0 radical (unpaired) electrons. The monoisotopic (exact) mass is 353 g/mol. The highest BCUT2D eigenvalue weighted by molar-refractivity contribution is 7.11. The Morgan fingerprint density at radius 1 is 1.28 bits per heavy atom. The lowest BCUT2D eigenvalue weighted by molar-refractivity contribution is 0.0707. The molecule has 1 aliphatic rings. The number of amides is 1. The smallest absolute Gasteiger partial charge is 0.253 e. The number of aryl methyl sites for hydroxylation is 1. The summed E-state index contributed by atoms with van der Waals surface area (Å²) in [5, 5.41) is 8.79. The summed E-state index contributed by atoms with van der Waals surface area (Å²) >= 11 is 1.74. The molecule has 0 aliphatic carbocycles. The molecule has 6 nitrogen and oxygen atoms in total. The maximum atomic E-state index is 13.0. The Bertz CT molecular complexity index is 873. The molecule has 7 heteroatoms. The Labute approximate surface area is 150 Å². The van der Waals surface area contributed by atoms with Crippen molar-refractivity contribution in [2.45, 2.75) is 25.7 Å². The van der Waals surface area contributed by atoms with Crippen LogP contribution in [0.5, 0.6) is 0 Å². The molecule has 4 rings (SSSR count). The topological polar surface area (TPSA) is 63.9 Å². The quantitative estimate of drug-likeness (QED) is 0.726. The van der Waals surface area contributed by atoms with Gasteiger partial charge in [-0.1, -0.05) is 6.07 Å². The first-order valence-electron chi connectivity index (χ1n) is 8.37. The molecule has 2 aromatic heterocycles. The molecule has 1 saturated heterocycles. The van der Waals surface area contributed by atoms with Gasteiger partial charge in [0.2, 0.25) is 0 Å². The number of carbonyl (C=O) groups is 1. The molecule has 1 fully saturated rings. The van der Waals surface area contributed by atoms with Gasteiger partial charge in [-0.2, -0.15) is 0 Å². The Morgan fingerprint density at radius 3 is 2.88 bits per heavy atom. The molecule has 25 heavy (non-hydrogen) atoms. The average Bonchev–Trinajstić information content (AvgIpc) is 3.33. The fourth-order valence-corrected chi connectivity index (χ4v) is 4.14. The van der Waals surface area contributed by atoms with Crippen LogP contribution < -0.4 is 0 Å². The Kier molecular flexibility index (Phi) is 4.31. The summed E-state index contributed by atoms with van der Waals surface area (Å²) in [5.41, 5.74) is 1.59. The minimum atomic E-state index is 0.0768. The van der Waals surface area contributed by atoms with E-state index in [1.807, 2.05) is 35.4 Å². The zero-order valence-corrected chi connectivity index (χ0v) is 14.8. The van der Waals surface area contributed by atoms with Crippen LogP contribution in [0.3, 0.4) is 0 Å². The number of aromatic nitrogens is 4. The van der Waals surface area contributed by atoms with E-state index in [2.05, 4.69) is 22.1 Å². The molecule has 3 aromatic rings. The summed E-state index contributed by atoms with van der Waals surface area (Å²) in [6.45, 7) is 3.61. The predicted molar refractivity (Wildman–Crippen MR) is 96.1 cm³/mol. The van der Waals surface area contributed by atoms with Crippen molar-refractivity contribution in [1.29, 1.82) is 0 Å². The van der Waals surface area contributed by atoms with Crippen molar-refractivity contribution in [1.82, 2.24) is 24.6 Å². The maximum Gasteiger partial charge on any atom is 0.253 e. The molecule has 1 aromatic carbocycles. The number of piperidine rings is 1. The van der Waals surface area contributed by atoms with E-state index < -0.39 is 0 Å². The van der Waals surface area contributed by atoms with Gasteiger partial charge >= 0.3 is 0 Å². The summed E-state index contributed by atoms with van der Waals surface area (Å²) in [6, 6.07) is 7.60. The van der Waals surface area contributed by atoms with Crippen LogP contribution in [0.15, 0.2) is 43.1 Å². The van der Waals surface area contributed by atoms with Crippen LogP contribution in [0.4, 0.5) is 0 Å². The summed E-state index contributed by atoms with van der Waals surface area (Å²) < 4.78 is 1.80. The van der Waals surface area contributed by atoms with Gasteiger partial charge in [-0.3, -0.25) is 9.36 Å². The second kappa shape index (κ2) is 6.76. The highest BCUT2D eigenvalue weighted by atomic mass is 32.1. The van der Waals surface area contributed by atoms with Gasteiger partial charge in [0.05, 0.1) is 5.01 Å².